The van der Waals surface area contributed by atoms with Gasteiger partial charge >= 0.3 is 6.09 Å². The third-order valence-electron chi connectivity index (χ3n) is 4.58. The van der Waals surface area contributed by atoms with Gasteiger partial charge < -0.3 is 24.9 Å². The molecule has 0 fully saturated rings. The molecule has 0 saturated carbocycles. The lowest BCUT2D eigenvalue weighted by atomic mass is 10.2. The summed E-state index contributed by atoms with van der Waals surface area (Å²) in [6, 6.07) is 11.9. The van der Waals surface area contributed by atoms with Gasteiger partial charge in [0.15, 0.2) is 9.00 Å². The summed E-state index contributed by atoms with van der Waals surface area (Å²) in [7, 11) is 0. The molecule has 10 heteroatoms. The standard InChI is InChI=1S/C22H24ClIN6O2/c1-16(25)19-20(28-21(23)24)30(15-27-19)11-4-5-12-32-22(31)26-14-17-7-6-8-18(13-17)29-9-2-3-10-29/h2-3,6-10,13,15H,1,4-5,11-12,14,25H2,(H,26,31)/b28-21-. The fourth-order valence-corrected chi connectivity index (χ4v) is 3.38. The number of ether oxygens (including phenoxy) is 1. The van der Waals surface area contributed by atoms with Crippen molar-refractivity contribution in [2.75, 3.05) is 6.61 Å². The van der Waals surface area contributed by atoms with E-state index in [1.165, 1.54) is 0 Å². The molecule has 3 aromatic rings. The van der Waals surface area contributed by atoms with Crippen molar-refractivity contribution in [3.63, 3.8) is 0 Å². The maximum Gasteiger partial charge on any atom is 0.407 e. The van der Waals surface area contributed by atoms with Crippen molar-refractivity contribution in [1.29, 1.82) is 0 Å². The van der Waals surface area contributed by atoms with Crippen LogP contribution in [0.1, 0.15) is 24.1 Å². The number of rotatable bonds is 10. The molecule has 0 atom stereocenters. The van der Waals surface area contributed by atoms with Crippen LogP contribution >= 0.6 is 34.2 Å². The molecule has 32 heavy (non-hydrogen) atoms. The van der Waals surface area contributed by atoms with Gasteiger partial charge in [-0.15, -0.1) is 0 Å². The third-order valence-corrected chi connectivity index (χ3v) is 4.91. The van der Waals surface area contributed by atoms with Crippen molar-refractivity contribution in [3.05, 3.63) is 73.0 Å². The molecule has 0 spiro atoms. The van der Waals surface area contributed by atoms with Crippen LogP contribution in [-0.2, 0) is 17.8 Å². The van der Waals surface area contributed by atoms with Crippen molar-refractivity contribution >= 4 is 55.0 Å². The van der Waals surface area contributed by atoms with Crippen LogP contribution in [0.15, 0.2) is 66.7 Å². The predicted octanol–water partition coefficient (Wildman–Crippen LogP) is 4.97. The summed E-state index contributed by atoms with van der Waals surface area (Å²) in [5, 5.41) is 2.78. The van der Waals surface area contributed by atoms with Gasteiger partial charge in [0.05, 0.1) is 18.6 Å². The third kappa shape index (κ3) is 6.86. The number of aromatic nitrogens is 3. The molecule has 0 aliphatic heterocycles. The van der Waals surface area contributed by atoms with Gasteiger partial charge in [-0.25, -0.2) is 14.8 Å². The fourth-order valence-electron chi connectivity index (χ4n) is 3.07. The highest BCUT2D eigenvalue weighted by atomic mass is 127. The van der Waals surface area contributed by atoms with Crippen molar-refractivity contribution in [2.24, 2.45) is 10.7 Å². The molecule has 168 valence electrons. The van der Waals surface area contributed by atoms with Gasteiger partial charge in [0.2, 0.25) is 0 Å². The van der Waals surface area contributed by atoms with Crippen LogP contribution in [0.2, 0.25) is 0 Å². The van der Waals surface area contributed by atoms with Crippen LogP contribution in [0.25, 0.3) is 11.4 Å². The highest BCUT2D eigenvalue weighted by Crippen LogP contribution is 2.24. The van der Waals surface area contributed by atoms with E-state index < -0.39 is 6.09 Å². The first kappa shape index (κ1) is 23.9. The Morgan fingerprint density at radius 3 is 2.78 bits per heavy atom. The maximum absolute atomic E-state index is 12.0. The summed E-state index contributed by atoms with van der Waals surface area (Å²) in [5.41, 5.74) is 8.64. The average molecular weight is 567 g/mol. The number of carbonyl (C=O) groups is 1. The van der Waals surface area contributed by atoms with E-state index in [2.05, 4.69) is 21.9 Å². The van der Waals surface area contributed by atoms with E-state index in [1.54, 1.807) is 6.33 Å². The summed E-state index contributed by atoms with van der Waals surface area (Å²) < 4.78 is 9.50. The number of halogens is 2. The minimum absolute atomic E-state index is 0.312. The lowest BCUT2D eigenvalue weighted by Gasteiger charge is -2.09. The number of hydrogen-bond acceptors (Lipinski definition) is 5. The Labute approximate surface area is 205 Å². The maximum atomic E-state index is 12.0. The van der Waals surface area contributed by atoms with Gasteiger partial charge in [-0.05, 0) is 65.3 Å². The average Bonchev–Trinajstić information content (AvgIpc) is 3.42. The Morgan fingerprint density at radius 2 is 2.06 bits per heavy atom. The zero-order chi connectivity index (χ0) is 22.9. The normalized spacial score (nSPS) is 11.4. The molecule has 2 heterocycles. The quantitative estimate of drug-likeness (QED) is 0.206. The highest BCUT2D eigenvalue weighted by molar-refractivity contribution is 14.1. The van der Waals surface area contributed by atoms with Crippen LogP contribution in [0.5, 0.6) is 0 Å². The number of aryl methyl sites for hydroxylation is 1. The number of aliphatic imine (C=N–C) groups is 1. The Morgan fingerprint density at radius 1 is 1.28 bits per heavy atom. The van der Waals surface area contributed by atoms with Crippen LogP contribution < -0.4 is 11.1 Å². The van der Waals surface area contributed by atoms with Gasteiger partial charge in [0.25, 0.3) is 0 Å². The van der Waals surface area contributed by atoms with Gasteiger partial charge in [0, 0.05) is 31.2 Å². The van der Waals surface area contributed by atoms with E-state index in [-0.39, 0.29) is 0 Å². The van der Waals surface area contributed by atoms with Crippen LogP contribution in [0.3, 0.4) is 0 Å². The fraction of sp³-hybridized carbons (Fsp3) is 0.227. The van der Waals surface area contributed by atoms with E-state index in [4.69, 9.17) is 22.1 Å². The summed E-state index contributed by atoms with van der Waals surface area (Å²) in [6.07, 6.45) is 6.61. The number of imidazole rings is 1. The predicted molar refractivity (Wildman–Crippen MR) is 136 cm³/mol. The largest absolute Gasteiger partial charge is 0.450 e. The van der Waals surface area contributed by atoms with E-state index in [9.17, 15) is 4.79 Å². The molecule has 8 nitrogen and oxygen atoms in total. The van der Waals surface area contributed by atoms with Crippen LogP contribution in [0.4, 0.5) is 10.6 Å². The second kappa shape index (κ2) is 11.7. The monoisotopic (exact) mass is 566 g/mol. The summed E-state index contributed by atoms with van der Waals surface area (Å²) in [5.74, 6) is 0.567. The smallest absolute Gasteiger partial charge is 0.407 e. The van der Waals surface area contributed by atoms with Gasteiger partial charge in [-0.3, -0.25) is 0 Å². The van der Waals surface area contributed by atoms with Crippen molar-refractivity contribution in [2.45, 2.75) is 25.9 Å². The van der Waals surface area contributed by atoms with Crippen molar-refractivity contribution < 1.29 is 9.53 Å². The molecule has 2 aromatic heterocycles. The molecular weight excluding hydrogens is 543 g/mol. The second-order valence-electron chi connectivity index (χ2n) is 6.94. The van der Waals surface area contributed by atoms with Gasteiger partial charge in [0.1, 0.15) is 5.69 Å². The number of nitrogens with one attached hydrogen (secondary N) is 1. The van der Waals surface area contributed by atoms with E-state index in [1.807, 2.05) is 80.5 Å². The Bertz CT molecular complexity index is 1090. The van der Waals surface area contributed by atoms with E-state index in [0.29, 0.717) is 46.5 Å². The first-order valence-corrected chi connectivity index (χ1v) is 11.4. The zero-order valence-corrected chi connectivity index (χ0v) is 20.3. The molecule has 0 unspecified atom stereocenters. The molecule has 0 aliphatic carbocycles. The first-order valence-electron chi connectivity index (χ1n) is 9.96. The zero-order valence-electron chi connectivity index (χ0n) is 17.4. The van der Waals surface area contributed by atoms with Crippen LogP contribution in [0, 0.1) is 0 Å². The highest BCUT2D eigenvalue weighted by Gasteiger charge is 2.12. The Balaban J connectivity index is 1.40. The number of unbranched alkanes of at least 4 members (excludes halogenated alkanes) is 1. The first-order chi connectivity index (χ1) is 15.4. The number of hydrogen-bond donors (Lipinski definition) is 2. The minimum atomic E-state index is -0.442. The Hall–Kier alpha value is -2.79. The molecule has 3 N–H and O–H groups in total. The number of benzene rings is 1. The number of nitrogens with zero attached hydrogens (tertiary/aromatic N) is 4. The number of nitrogens with two attached hydrogens (primary N) is 1. The number of amides is 1. The van der Waals surface area contributed by atoms with Gasteiger partial charge in [-0.2, -0.15) is 0 Å². The van der Waals surface area contributed by atoms with Crippen LogP contribution in [-0.4, -0.2) is 30.0 Å². The molecule has 1 amide bonds. The topological polar surface area (TPSA) is 99.5 Å². The van der Waals surface area contributed by atoms with Crippen molar-refractivity contribution in [1.82, 2.24) is 19.4 Å². The van der Waals surface area contributed by atoms with E-state index >= 15 is 0 Å². The summed E-state index contributed by atoms with van der Waals surface area (Å²) in [4.78, 5) is 20.5. The lowest BCUT2D eigenvalue weighted by Crippen LogP contribution is -2.24. The molecule has 0 radical (unpaired) electrons. The van der Waals surface area contributed by atoms with Crippen molar-refractivity contribution in [3.8, 4) is 5.69 Å². The molecule has 0 aliphatic rings. The van der Waals surface area contributed by atoms with E-state index in [0.717, 1.165) is 17.7 Å². The minimum Gasteiger partial charge on any atom is -0.450 e. The van der Waals surface area contributed by atoms with Gasteiger partial charge in [-0.1, -0.05) is 30.3 Å². The molecule has 3 rings (SSSR count). The molecule has 1 aromatic carbocycles. The molecular formula is C22H24ClIN6O2. The number of alkyl carbamates (subject to hydrolysis) is 1. The number of carbonyl (C=O) groups excluding carboxylic acids is 1. The Kier molecular flexibility index (Phi) is 8.74. The SMILES string of the molecule is C=C(N)c1ncn(CCCCOC(=O)NCc2cccc(-n3cccc3)c2)c1/N=C(/Cl)I. The molecule has 0 bridgehead atoms. The summed E-state index contributed by atoms with van der Waals surface area (Å²) in [6.45, 7) is 5.06. The lowest BCUT2D eigenvalue weighted by molar-refractivity contribution is 0.143. The summed E-state index contributed by atoms with van der Waals surface area (Å²) >= 11 is 7.82. The molecule has 0 saturated heterocycles. The second-order valence-corrected chi connectivity index (χ2v) is 8.96.